The Morgan fingerprint density at radius 2 is 1.78 bits per heavy atom. The van der Waals surface area contributed by atoms with Crippen LogP contribution in [0.25, 0.3) is 10.9 Å². The van der Waals surface area contributed by atoms with Crippen molar-refractivity contribution in [3.05, 3.63) is 17.9 Å². The highest BCUT2D eigenvalue weighted by molar-refractivity contribution is 5.89. The molecule has 0 fully saturated rings. The van der Waals surface area contributed by atoms with Gasteiger partial charge in [0, 0.05) is 5.69 Å². The van der Waals surface area contributed by atoms with E-state index in [-0.39, 0.29) is 48.3 Å². The molecule has 1 heterocycles. The van der Waals surface area contributed by atoms with Gasteiger partial charge in [0.25, 0.3) is 0 Å². The van der Waals surface area contributed by atoms with Crippen LogP contribution < -0.4 is 14.8 Å². The SMILES string of the molecule is CCOc1nc(OCCOC(=O)OC(C)(C)C)c2cc(NC(C)(C)C(=O)O)cc(F)c2n1. The zero-order valence-corrected chi connectivity index (χ0v) is 18.9. The molecular weight excluding hydrogens is 425 g/mol. The number of carboxylic acid groups (broad SMARTS) is 1. The van der Waals surface area contributed by atoms with Crippen molar-refractivity contribution >= 4 is 28.7 Å². The number of benzene rings is 1. The Labute approximate surface area is 185 Å². The van der Waals surface area contributed by atoms with Gasteiger partial charge in [0.1, 0.15) is 29.9 Å². The molecule has 0 aliphatic carbocycles. The van der Waals surface area contributed by atoms with Crippen molar-refractivity contribution in [3.8, 4) is 11.9 Å². The van der Waals surface area contributed by atoms with Crippen LogP contribution in [0.15, 0.2) is 12.1 Å². The van der Waals surface area contributed by atoms with Gasteiger partial charge in [-0.2, -0.15) is 9.97 Å². The lowest BCUT2D eigenvalue weighted by atomic mass is 10.1. The van der Waals surface area contributed by atoms with Crippen LogP contribution in [0, 0.1) is 5.82 Å². The molecule has 1 aromatic heterocycles. The molecule has 0 aliphatic heterocycles. The maximum Gasteiger partial charge on any atom is 0.508 e. The fraction of sp³-hybridized carbons (Fsp3) is 0.524. The van der Waals surface area contributed by atoms with Crippen molar-refractivity contribution in [2.45, 2.75) is 52.7 Å². The number of carbonyl (C=O) groups excluding carboxylic acids is 1. The molecule has 176 valence electrons. The molecule has 0 bridgehead atoms. The van der Waals surface area contributed by atoms with Crippen LogP contribution in [0.3, 0.4) is 0 Å². The fourth-order valence-corrected chi connectivity index (χ4v) is 2.48. The number of nitrogens with one attached hydrogen (secondary N) is 1. The van der Waals surface area contributed by atoms with E-state index in [0.29, 0.717) is 0 Å². The first kappa shape index (κ1) is 24.9. The maximum absolute atomic E-state index is 14.8. The fourth-order valence-electron chi connectivity index (χ4n) is 2.48. The molecule has 2 rings (SSSR count). The molecule has 0 saturated carbocycles. The summed E-state index contributed by atoms with van der Waals surface area (Å²) in [6.45, 7) is 9.74. The number of rotatable bonds is 9. The van der Waals surface area contributed by atoms with Crippen LogP contribution in [0.5, 0.6) is 11.9 Å². The van der Waals surface area contributed by atoms with Crippen LogP contribution in [0.2, 0.25) is 0 Å². The van der Waals surface area contributed by atoms with E-state index < -0.39 is 29.1 Å². The first-order valence-electron chi connectivity index (χ1n) is 9.96. The molecule has 0 radical (unpaired) electrons. The topological polar surface area (TPSA) is 129 Å². The summed E-state index contributed by atoms with van der Waals surface area (Å²) >= 11 is 0. The minimum absolute atomic E-state index is 0.0121. The Balaban J connectivity index is 2.28. The Morgan fingerprint density at radius 3 is 2.38 bits per heavy atom. The molecule has 0 atom stereocenters. The van der Waals surface area contributed by atoms with E-state index >= 15 is 0 Å². The second-order valence-corrected chi connectivity index (χ2v) is 8.32. The second kappa shape index (κ2) is 9.84. The van der Waals surface area contributed by atoms with Crippen molar-refractivity contribution < 1.29 is 38.0 Å². The summed E-state index contributed by atoms with van der Waals surface area (Å²) in [7, 11) is 0. The first-order chi connectivity index (χ1) is 14.8. The molecule has 0 saturated heterocycles. The van der Waals surface area contributed by atoms with Crippen molar-refractivity contribution in [2.75, 3.05) is 25.1 Å². The van der Waals surface area contributed by atoms with Gasteiger partial charge in [-0.25, -0.2) is 14.0 Å². The normalized spacial score (nSPS) is 11.7. The van der Waals surface area contributed by atoms with E-state index in [1.165, 1.54) is 19.9 Å². The van der Waals surface area contributed by atoms with Crippen molar-refractivity contribution in [3.63, 3.8) is 0 Å². The van der Waals surface area contributed by atoms with Gasteiger partial charge in [0.15, 0.2) is 5.82 Å². The molecule has 2 N–H and O–H groups in total. The standard InChI is InChI=1S/C21H28FN3O7/c1-7-29-18-23-15-13(10-12(11-14(15)22)25-21(5,6)17(26)27)16(24-18)30-8-9-31-19(28)32-20(2,3)4/h10-11,25H,7-9H2,1-6H3,(H,26,27). The predicted octanol–water partition coefficient (Wildman–Crippen LogP) is 3.77. The quantitative estimate of drug-likeness (QED) is 0.427. The number of fused-ring (bicyclic) bond motifs is 1. The van der Waals surface area contributed by atoms with Crippen LogP contribution in [-0.2, 0) is 14.3 Å². The molecule has 10 nitrogen and oxygen atoms in total. The lowest BCUT2D eigenvalue weighted by Crippen LogP contribution is -2.39. The van der Waals surface area contributed by atoms with E-state index in [1.54, 1.807) is 27.7 Å². The molecule has 1 aromatic carbocycles. The Kier molecular flexibility index (Phi) is 7.65. The number of nitrogens with zero attached hydrogens (tertiary/aromatic N) is 2. The van der Waals surface area contributed by atoms with E-state index in [2.05, 4.69) is 15.3 Å². The number of aromatic nitrogens is 2. The first-order valence-corrected chi connectivity index (χ1v) is 9.96. The van der Waals surface area contributed by atoms with Crippen LogP contribution in [-0.4, -0.2) is 58.2 Å². The molecule has 0 unspecified atom stereocenters. The molecule has 0 spiro atoms. The molecule has 32 heavy (non-hydrogen) atoms. The lowest BCUT2D eigenvalue weighted by molar-refractivity contribution is -0.141. The van der Waals surface area contributed by atoms with Crippen LogP contribution in [0.4, 0.5) is 14.9 Å². The Bertz CT molecular complexity index is 989. The van der Waals surface area contributed by atoms with Gasteiger partial charge in [-0.1, -0.05) is 0 Å². The number of carbonyl (C=O) groups is 2. The highest BCUT2D eigenvalue weighted by Gasteiger charge is 2.27. The zero-order valence-electron chi connectivity index (χ0n) is 18.9. The zero-order chi connectivity index (χ0) is 24.1. The number of ether oxygens (including phenoxy) is 4. The van der Waals surface area contributed by atoms with Gasteiger partial charge in [0.05, 0.1) is 12.0 Å². The van der Waals surface area contributed by atoms with Gasteiger partial charge in [0.2, 0.25) is 5.88 Å². The number of anilines is 1. The highest BCUT2D eigenvalue weighted by Crippen LogP contribution is 2.31. The van der Waals surface area contributed by atoms with Gasteiger partial charge >= 0.3 is 18.1 Å². The highest BCUT2D eigenvalue weighted by atomic mass is 19.1. The molecular formula is C21H28FN3O7. The average molecular weight is 453 g/mol. The van der Waals surface area contributed by atoms with Crippen LogP contribution in [0.1, 0.15) is 41.5 Å². The van der Waals surface area contributed by atoms with Gasteiger partial charge in [-0.05, 0) is 53.7 Å². The summed E-state index contributed by atoms with van der Waals surface area (Å²) in [4.78, 5) is 31.2. The van der Waals surface area contributed by atoms with Gasteiger partial charge in [-0.15, -0.1) is 0 Å². The van der Waals surface area contributed by atoms with Crippen molar-refractivity contribution in [2.24, 2.45) is 0 Å². The summed E-state index contributed by atoms with van der Waals surface area (Å²) in [5, 5.41) is 12.3. The minimum Gasteiger partial charge on any atom is -0.480 e. The lowest BCUT2D eigenvalue weighted by Gasteiger charge is -2.23. The third-order valence-electron chi connectivity index (χ3n) is 3.89. The molecule has 0 aliphatic rings. The summed E-state index contributed by atoms with van der Waals surface area (Å²) < 4.78 is 35.7. The van der Waals surface area contributed by atoms with E-state index in [1.807, 2.05) is 0 Å². The summed E-state index contributed by atoms with van der Waals surface area (Å²) in [6.07, 6.45) is -0.850. The number of carboxylic acids is 1. The number of aliphatic carboxylic acids is 1. The predicted molar refractivity (Wildman–Crippen MR) is 114 cm³/mol. The monoisotopic (exact) mass is 453 g/mol. The van der Waals surface area contributed by atoms with Crippen LogP contribution >= 0.6 is 0 Å². The molecule has 11 heteroatoms. The summed E-state index contributed by atoms with van der Waals surface area (Å²) in [5.41, 5.74) is -1.91. The van der Waals surface area contributed by atoms with Gasteiger partial charge < -0.3 is 29.4 Å². The third kappa shape index (κ3) is 6.82. The smallest absolute Gasteiger partial charge is 0.480 e. The van der Waals surface area contributed by atoms with Crippen molar-refractivity contribution in [1.29, 1.82) is 0 Å². The number of halogens is 1. The maximum atomic E-state index is 14.8. The number of hydrogen-bond donors (Lipinski definition) is 2. The molecule has 0 amide bonds. The Hall–Kier alpha value is -3.37. The number of hydrogen-bond acceptors (Lipinski definition) is 9. The van der Waals surface area contributed by atoms with E-state index in [4.69, 9.17) is 18.9 Å². The largest absolute Gasteiger partial charge is 0.508 e. The Morgan fingerprint density at radius 1 is 1.09 bits per heavy atom. The van der Waals surface area contributed by atoms with E-state index in [9.17, 15) is 19.1 Å². The third-order valence-corrected chi connectivity index (χ3v) is 3.89. The summed E-state index contributed by atoms with van der Waals surface area (Å²) in [5.74, 6) is -1.84. The minimum atomic E-state index is -1.35. The second-order valence-electron chi connectivity index (χ2n) is 8.32. The van der Waals surface area contributed by atoms with Gasteiger partial charge in [-0.3, -0.25) is 0 Å². The van der Waals surface area contributed by atoms with E-state index in [0.717, 1.165) is 6.07 Å². The molecule has 2 aromatic rings. The summed E-state index contributed by atoms with van der Waals surface area (Å²) in [6, 6.07) is 2.52. The van der Waals surface area contributed by atoms with Crippen molar-refractivity contribution in [1.82, 2.24) is 9.97 Å². The average Bonchev–Trinajstić information content (AvgIpc) is 2.64.